The molecule has 1 heterocycles. The van der Waals surface area contributed by atoms with Gasteiger partial charge in [0.2, 0.25) is 0 Å². The lowest BCUT2D eigenvalue weighted by molar-refractivity contribution is 0.101. The van der Waals surface area contributed by atoms with E-state index >= 15 is 0 Å². The van der Waals surface area contributed by atoms with E-state index in [1.807, 2.05) is 6.07 Å². The number of phenolic OH excluding ortho intramolecular Hbond substituents is 1. The zero-order valence-electron chi connectivity index (χ0n) is 12.1. The molecule has 1 aliphatic rings. The van der Waals surface area contributed by atoms with Gasteiger partial charge in [-0.25, -0.2) is 0 Å². The maximum Gasteiger partial charge on any atom is 0.163 e. The zero-order chi connectivity index (χ0) is 14.2. The number of carbonyl (C=O) groups excluding carboxylic acids is 1. The number of nitrogens with zero attached hydrogens (tertiary/aromatic N) is 2. The van der Waals surface area contributed by atoms with Crippen LogP contribution in [-0.2, 0) is 0 Å². The smallest absolute Gasteiger partial charge is 0.163 e. The van der Waals surface area contributed by atoms with Crippen LogP contribution in [0.1, 0.15) is 31.1 Å². The van der Waals surface area contributed by atoms with Gasteiger partial charge in [-0.2, -0.15) is 0 Å². The van der Waals surface area contributed by atoms with Gasteiger partial charge in [-0.1, -0.05) is 0 Å². The monoisotopic (exact) mass is 262 g/mol. The van der Waals surface area contributed by atoms with E-state index in [-0.39, 0.29) is 17.1 Å². The number of aromatic hydroxyl groups is 1. The predicted molar refractivity (Wildman–Crippen MR) is 77.0 cm³/mol. The number of hydrogen-bond acceptors (Lipinski definition) is 4. The molecule has 1 aromatic carbocycles. The van der Waals surface area contributed by atoms with Crippen molar-refractivity contribution in [2.45, 2.75) is 26.3 Å². The molecule has 0 saturated carbocycles. The Labute approximate surface area is 114 Å². The standard InChI is InChI=1S/C15H22N2O2/c1-11(18)13-6-5-12(9-14(13)19)17-8-7-16(4)15(2,3)10-17/h5-6,9,19H,7-8,10H2,1-4H3. The lowest BCUT2D eigenvalue weighted by Gasteiger charge is -2.46. The fraction of sp³-hybridized carbons (Fsp3) is 0.533. The number of ketones is 1. The van der Waals surface area contributed by atoms with Gasteiger partial charge in [0.05, 0.1) is 5.56 Å². The Hall–Kier alpha value is -1.55. The van der Waals surface area contributed by atoms with Gasteiger partial charge in [0.1, 0.15) is 5.75 Å². The minimum atomic E-state index is -0.109. The molecule has 0 bridgehead atoms. The summed E-state index contributed by atoms with van der Waals surface area (Å²) in [5.41, 5.74) is 1.47. The summed E-state index contributed by atoms with van der Waals surface area (Å²) in [7, 11) is 2.13. The summed E-state index contributed by atoms with van der Waals surface area (Å²) in [5, 5.41) is 9.92. The topological polar surface area (TPSA) is 43.8 Å². The molecule has 0 unspecified atom stereocenters. The van der Waals surface area contributed by atoms with E-state index < -0.39 is 0 Å². The van der Waals surface area contributed by atoms with Gasteiger partial charge in [0.15, 0.2) is 5.78 Å². The number of anilines is 1. The van der Waals surface area contributed by atoms with Crippen molar-refractivity contribution >= 4 is 11.5 Å². The van der Waals surface area contributed by atoms with Crippen LogP contribution in [0.3, 0.4) is 0 Å². The summed E-state index contributed by atoms with van der Waals surface area (Å²) in [6, 6.07) is 5.31. The van der Waals surface area contributed by atoms with Crippen molar-refractivity contribution in [2.75, 3.05) is 31.6 Å². The molecule has 1 fully saturated rings. The molecule has 0 spiro atoms. The molecule has 1 N–H and O–H groups in total. The summed E-state index contributed by atoms with van der Waals surface area (Å²) in [6.07, 6.45) is 0. The molecule has 0 aliphatic carbocycles. The molecule has 0 amide bonds. The summed E-state index contributed by atoms with van der Waals surface area (Å²) in [6.45, 7) is 8.71. The van der Waals surface area contributed by atoms with E-state index in [1.165, 1.54) is 6.92 Å². The van der Waals surface area contributed by atoms with Gasteiger partial charge in [-0.05, 0) is 40.0 Å². The normalized spacial score (nSPS) is 19.5. The Bertz CT molecular complexity index is 497. The van der Waals surface area contributed by atoms with Crippen LogP contribution in [0.2, 0.25) is 0 Å². The molecular weight excluding hydrogens is 240 g/mol. The molecular formula is C15H22N2O2. The Morgan fingerprint density at radius 1 is 1.32 bits per heavy atom. The van der Waals surface area contributed by atoms with Crippen LogP contribution in [0.5, 0.6) is 5.75 Å². The summed E-state index contributed by atoms with van der Waals surface area (Å²) >= 11 is 0. The molecule has 0 radical (unpaired) electrons. The van der Waals surface area contributed by atoms with E-state index in [9.17, 15) is 9.90 Å². The third-order valence-corrected chi connectivity index (χ3v) is 4.04. The van der Waals surface area contributed by atoms with Crippen molar-refractivity contribution in [3.63, 3.8) is 0 Å². The molecule has 4 nitrogen and oxygen atoms in total. The maximum absolute atomic E-state index is 11.3. The van der Waals surface area contributed by atoms with Crippen LogP contribution in [0.15, 0.2) is 18.2 Å². The first-order valence-corrected chi connectivity index (χ1v) is 6.61. The quantitative estimate of drug-likeness (QED) is 0.829. The van der Waals surface area contributed by atoms with Crippen LogP contribution in [0.4, 0.5) is 5.69 Å². The van der Waals surface area contributed by atoms with Crippen molar-refractivity contribution < 1.29 is 9.90 Å². The number of hydrogen-bond donors (Lipinski definition) is 1. The van der Waals surface area contributed by atoms with Gasteiger partial charge >= 0.3 is 0 Å². The van der Waals surface area contributed by atoms with Gasteiger partial charge in [-0.3, -0.25) is 9.69 Å². The van der Waals surface area contributed by atoms with E-state index in [4.69, 9.17) is 0 Å². The van der Waals surface area contributed by atoms with Crippen LogP contribution in [0, 0.1) is 0 Å². The second-order valence-corrected chi connectivity index (χ2v) is 5.91. The van der Waals surface area contributed by atoms with E-state index in [0.29, 0.717) is 5.56 Å². The van der Waals surface area contributed by atoms with Gasteiger partial charge in [0, 0.05) is 36.9 Å². The van der Waals surface area contributed by atoms with Crippen LogP contribution < -0.4 is 4.90 Å². The number of phenols is 1. The average Bonchev–Trinajstić information content (AvgIpc) is 2.32. The number of carbonyl (C=O) groups is 1. The van der Waals surface area contributed by atoms with E-state index in [2.05, 4.69) is 30.7 Å². The highest BCUT2D eigenvalue weighted by Gasteiger charge is 2.31. The largest absolute Gasteiger partial charge is 0.507 e. The average molecular weight is 262 g/mol. The highest BCUT2D eigenvalue weighted by Crippen LogP contribution is 2.29. The highest BCUT2D eigenvalue weighted by molar-refractivity contribution is 5.97. The molecule has 4 heteroatoms. The first kappa shape index (κ1) is 13.9. The SMILES string of the molecule is CC(=O)c1ccc(N2CCN(C)C(C)(C)C2)cc1O. The maximum atomic E-state index is 11.3. The molecule has 1 aromatic rings. The second kappa shape index (κ2) is 4.85. The summed E-state index contributed by atoms with van der Waals surface area (Å²) in [4.78, 5) is 15.9. The third kappa shape index (κ3) is 2.73. The molecule has 19 heavy (non-hydrogen) atoms. The number of rotatable bonds is 2. The van der Waals surface area contributed by atoms with Gasteiger partial charge in [-0.15, -0.1) is 0 Å². The van der Waals surface area contributed by atoms with Gasteiger partial charge < -0.3 is 10.0 Å². The second-order valence-electron chi connectivity index (χ2n) is 5.91. The Kier molecular flexibility index (Phi) is 3.54. The van der Waals surface area contributed by atoms with Crippen molar-refractivity contribution in [3.8, 4) is 5.75 Å². The Morgan fingerprint density at radius 3 is 2.53 bits per heavy atom. The van der Waals surface area contributed by atoms with Crippen molar-refractivity contribution in [2.24, 2.45) is 0 Å². The number of Topliss-reactive ketones (excluding diaryl/α,β-unsaturated/α-hetero) is 1. The lowest BCUT2D eigenvalue weighted by Crippen LogP contribution is -2.57. The highest BCUT2D eigenvalue weighted by atomic mass is 16.3. The van der Waals surface area contributed by atoms with E-state index in [0.717, 1.165) is 25.3 Å². The van der Waals surface area contributed by atoms with Crippen molar-refractivity contribution in [3.05, 3.63) is 23.8 Å². The number of piperazine rings is 1. The Morgan fingerprint density at radius 2 is 2.00 bits per heavy atom. The first-order chi connectivity index (χ1) is 8.81. The van der Waals surface area contributed by atoms with Crippen LogP contribution in [0.25, 0.3) is 0 Å². The molecule has 1 aliphatic heterocycles. The van der Waals surface area contributed by atoms with Crippen LogP contribution in [-0.4, -0.2) is 48.0 Å². The fourth-order valence-corrected chi connectivity index (χ4v) is 2.48. The minimum Gasteiger partial charge on any atom is -0.507 e. The molecule has 2 rings (SSSR count). The van der Waals surface area contributed by atoms with E-state index in [1.54, 1.807) is 12.1 Å². The van der Waals surface area contributed by atoms with Crippen LogP contribution >= 0.6 is 0 Å². The summed E-state index contributed by atoms with van der Waals surface area (Å²) in [5.74, 6) is -0.0375. The van der Waals surface area contributed by atoms with Crippen molar-refractivity contribution in [1.82, 2.24) is 4.90 Å². The number of benzene rings is 1. The van der Waals surface area contributed by atoms with Gasteiger partial charge in [0.25, 0.3) is 0 Å². The molecule has 1 saturated heterocycles. The minimum absolute atomic E-state index is 0.0711. The molecule has 104 valence electrons. The van der Waals surface area contributed by atoms with Crippen molar-refractivity contribution in [1.29, 1.82) is 0 Å². The Balaban J connectivity index is 2.24. The fourth-order valence-electron chi connectivity index (χ4n) is 2.48. The molecule has 0 atom stereocenters. The number of likely N-dealkylation sites (N-methyl/N-ethyl adjacent to an activating group) is 1. The predicted octanol–water partition coefficient (Wildman–Crippen LogP) is 2.13. The zero-order valence-corrected chi connectivity index (χ0v) is 12.1. The first-order valence-electron chi connectivity index (χ1n) is 6.61. The summed E-state index contributed by atoms with van der Waals surface area (Å²) < 4.78 is 0. The lowest BCUT2D eigenvalue weighted by atomic mass is 9.99. The molecule has 0 aromatic heterocycles. The third-order valence-electron chi connectivity index (χ3n) is 4.04.